The van der Waals surface area contributed by atoms with E-state index in [1.807, 2.05) is 62.6 Å². The van der Waals surface area contributed by atoms with E-state index < -0.39 is 0 Å². The van der Waals surface area contributed by atoms with Gasteiger partial charge in [0.1, 0.15) is 5.75 Å². The standard InChI is InChI=1S/C19H22N4O2/c1-23(2)17(15-10-7-11-16(12-15)24-3)13-20-19-21-18(22-25-19)14-8-5-4-6-9-14/h4-12,17H,13H2,1-3H3,(H,20,21,22)/t17-/m0/s1. The third-order valence-corrected chi connectivity index (χ3v) is 4.01. The normalized spacial score (nSPS) is 12.2. The van der Waals surface area contributed by atoms with Crippen LogP contribution in [0.3, 0.4) is 0 Å². The largest absolute Gasteiger partial charge is 0.497 e. The number of hydrogen-bond donors (Lipinski definition) is 1. The lowest BCUT2D eigenvalue weighted by molar-refractivity contribution is 0.307. The fourth-order valence-electron chi connectivity index (χ4n) is 2.63. The molecule has 130 valence electrons. The van der Waals surface area contributed by atoms with Crippen LogP contribution in [0.4, 0.5) is 6.01 Å². The number of likely N-dealkylation sites (N-methyl/N-ethyl adjacent to an activating group) is 1. The molecule has 0 saturated heterocycles. The van der Waals surface area contributed by atoms with E-state index in [0.29, 0.717) is 18.4 Å². The highest BCUT2D eigenvalue weighted by Gasteiger charge is 2.16. The Balaban J connectivity index is 1.71. The molecule has 6 nitrogen and oxygen atoms in total. The van der Waals surface area contributed by atoms with Crippen molar-refractivity contribution in [3.63, 3.8) is 0 Å². The lowest BCUT2D eigenvalue weighted by Gasteiger charge is -2.25. The zero-order valence-electron chi connectivity index (χ0n) is 14.6. The maximum absolute atomic E-state index is 5.32. The van der Waals surface area contributed by atoms with Gasteiger partial charge in [0.05, 0.1) is 13.2 Å². The topological polar surface area (TPSA) is 63.4 Å². The summed E-state index contributed by atoms with van der Waals surface area (Å²) in [5.74, 6) is 1.42. The molecule has 6 heteroatoms. The van der Waals surface area contributed by atoms with Gasteiger partial charge in [-0.2, -0.15) is 4.98 Å². The van der Waals surface area contributed by atoms with Crippen molar-refractivity contribution in [2.24, 2.45) is 0 Å². The van der Waals surface area contributed by atoms with Gasteiger partial charge in [-0.1, -0.05) is 47.6 Å². The molecule has 0 bridgehead atoms. The fraction of sp³-hybridized carbons (Fsp3) is 0.263. The summed E-state index contributed by atoms with van der Waals surface area (Å²) in [5, 5.41) is 7.26. The van der Waals surface area contributed by atoms with Gasteiger partial charge in [-0.05, 0) is 31.8 Å². The number of nitrogens with zero attached hydrogens (tertiary/aromatic N) is 3. The smallest absolute Gasteiger partial charge is 0.321 e. The molecule has 0 fully saturated rings. The Labute approximate surface area is 147 Å². The second-order valence-corrected chi connectivity index (χ2v) is 5.93. The molecule has 1 N–H and O–H groups in total. The molecule has 0 aliphatic heterocycles. The van der Waals surface area contributed by atoms with E-state index >= 15 is 0 Å². The SMILES string of the molecule is COc1cccc([C@H](CNc2nc(-c3ccccc3)no2)N(C)C)c1. The first-order valence-electron chi connectivity index (χ1n) is 8.11. The first kappa shape index (κ1) is 17.0. The number of rotatable bonds is 7. The Bertz CT molecular complexity index is 802. The Hall–Kier alpha value is -2.86. The predicted molar refractivity (Wildman–Crippen MR) is 97.6 cm³/mol. The van der Waals surface area contributed by atoms with Crippen molar-refractivity contribution in [3.8, 4) is 17.1 Å². The van der Waals surface area contributed by atoms with Crippen molar-refractivity contribution in [3.05, 3.63) is 60.2 Å². The van der Waals surface area contributed by atoms with Crippen LogP contribution in [0.15, 0.2) is 59.1 Å². The monoisotopic (exact) mass is 338 g/mol. The lowest BCUT2D eigenvalue weighted by atomic mass is 10.1. The second-order valence-electron chi connectivity index (χ2n) is 5.93. The van der Waals surface area contributed by atoms with E-state index in [-0.39, 0.29) is 6.04 Å². The van der Waals surface area contributed by atoms with Crippen molar-refractivity contribution >= 4 is 6.01 Å². The van der Waals surface area contributed by atoms with Crippen LogP contribution in [0, 0.1) is 0 Å². The molecule has 25 heavy (non-hydrogen) atoms. The molecule has 0 saturated carbocycles. The van der Waals surface area contributed by atoms with Gasteiger partial charge in [-0.15, -0.1) is 0 Å². The Morgan fingerprint density at radius 1 is 1.12 bits per heavy atom. The molecule has 3 rings (SSSR count). The van der Waals surface area contributed by atoms with Crippen molar-refractivity contribution in [1.82, 2.24) is 15.0 Å². The van der Waals surface area contributed by atoms with Crippen molar-refractivity contribution in [2.45, 2.75) is 6.04 Å². The molecule has 0 unspecified atom stereocenters. The highest BCUT2D eigenvalue weighted by atomic mass is 16.5. The fourth-order valence-corrected chi connectivity index (χ4v) is 2.63. The summed E-state index contributed by atoms with van der Waals surface area (Å²) in [7, 11) is 5.75. The first-order chi connectivity index (χ1) is 12.2. The van der Waals surface area contributed by atoms with Gasteiger partial charge < -0.3 is 19.5 Å². The van der Waals surface area contributed by atoms with E-state index in [9.17, 15) is 0 Å². The van der Waals surface area contributed by atoms with Crippen molar-refractivity contribution < 1.29 is 9.26 Å². The zero-order chi connectivity index (χ0) is 17.6. The summed E-state index contributed by atoms with van der Waals surface area (Å²) < 4.78 is 10.6. The number of methoxy groups -OCH3 is 1. The maximum Gasteiger partial charge on any atom is 0.321 e. The Kier molecular flexibility index (Phi) is 5.30. The third kappa shape index (κ3) is 4.16. The maximum atomic E-state index is 5.32. The lowest BCUT2D eigenvalue weighted by Crippen LogP contribution is -2.27. The van der Waals surface area contributed by atoms with Crippen LogP contribution in [0.2, 0.25) is 0 Å². The van der Waals surface area contributed by atoms with E-state index in [4.69, 9.17) is 9.26 Å². The predicted octanol–water partition coefficient (Wildman–Crippen LogP) is 3.46. The molecule has 0 spiro atoms. The number of benzene rings is 2. The summed E-state index contributed by atoms with van der Waals surface area (Å²) in [6.45, 7) is 0.636. The summed E-state index contributed by atoms with van der Waals surface area (Å²) >= 11 is 0. The number of hydrogen-bond acceptors (Lipinski definition) is 6. The van der Waals surface area contributed by atoms with Crippen LogP contribution in [-0.4, -0.2) is 42.8 Å². The summed E-state index contributed by atoms with van der Waals surface area (Å²) in [6, 6.07) is 18.4. The minimum absolute atomic E-state index is 0.141. The summed E-state index contributed by atoms with van der Waals surface area (Å²) in [6.07, 6.45) is 0. The molecule has 1 heterocycles. The molecular weight excluding hydrogens is 316 g/mol. The quantitative estimate of drug-likeness (QED) is 0.712. The number of anilines is 1. The van der Waals surface area contributed by atoms with Gasteiger partial charge in [0.15, 0.2) is 0 Å². The van der Waals surface area contributed by atoms with Gasteiger partial charge in [0.25, 0.3) is 0 Å². The van der Waals surface area contributed by atoms with Crippen LogP contribution < -0.4 is 10.1 Å². The van der Waals surface area contributed by atoms with E-state index in [0.717, 1.165) is 16.9 Å². The minimum Gasteiger partial charge on any atom is -0.497 e. The van der Waals surface area contributed by atoms with Crippen molar-refractivity contribution in [1.29, 1.82) is 0 Å². The number of ether oxygens (including phenoxy) is 1. The number of aromatic nitrogens is 2. The average molecular weight is 338 g/mol. The van der Waals surface area contributed by atoms with E-state index in [2.05, 4.69) is 26.4 Å². The van der Waals surface area contributed by atoms with Crippen molar-refractivity contribution in [2.75, 3.05) is 33.1 Å². The molecule has 3 aromatic rings. The van der Waals surface area contributed by atoms with Gasteiger partial charge in [-0.25, -0.2) is 0 Å². The van der Waals surface area contributed by atoms with E-state index in [1.165, 1.54) is 0 Å². The van der Waals surface area contributed by atoms with Gasteiger partial charge >= 0.3 is 6.01 Å². The molecule has 1 atom stereocenters. The molecule has 0 radical (unpaired) electrons. The summed E-state index contributed by atoms with van der Waals surface area (Å²) in [4.78, 5) is 6.54. The van der Waals surface area contributed by atoms with Crippen LogP contribution in [0.1, 0.15) is 11.6 Å². The first-order valence-corrected chi connectivity index (χ1v) is 8.11. The Morgan fingerprint density at radius 3 is 2.64 bits per heavy atom. The molecule has 1 aromatic heterocycles. The highest BCUT2D eigenvalue weighted by molar-refractivity contribution is 5.54. The Morgan fingerprint density at radius 2 is 1.92 bits per heavy atom. The molecule has 2 aromatic carbocycles. The molecule has 0 amide bonds. The molecule has 0 aliphatic carbocycles. The van der Waals surface area contributed by atoms with Crippen LogP contribution in [-0.2, 0) is 0 Å². The zero-order valence-corrected chi connectivity index (χ0v) is 14.6. The van der Waals surface area contributed by atoms with Gasteiger partial charge in [0.2, 0.25) is 5.82 Å². The van der Waals surface area contributed by atoms with Crippen LogP contribution >= 0.6 is 0 Å². The van der Waals surface area contributed by atoms with E-state index in [1.54, 1.807) is 7.11 Å². The van der Waals surface area contributed by atoms with Gasteiger partial charge in [0, 0.05) is 12.1 Å². The second kappa shape index (κ2) is 7.81. The minimum atomic E-state index is 0.141. The summed E-state index contributed by atoms with van der Waals surface area (Å²) in [5.41, 5.74) is 2.08. The number of nitrogens with one attached hydrogen (secondary N) is 1. The molecule has 0 aliphatic rings. The third-order valence-electron chi connectivity index (χ3n) is 4.01. The highest BCUT2D eigenvalue weighted by Crippen LogP contribution is 2.23. The van der Waals surface area contributed by atoms with Crippen LogP contribution in [0.5, 0.6) is 5.75 Å². The molecular formula is C19H22N4O2. The average Bonchev–Trinajstić information content (AvgIpc) is 3.11. The van der Waals surface area contributed by atoms with Gasteiger partial charge in [-0.3, -0.25) is 0 Å². The van der Waals surface area contributed by atoms with Crippen LogP contribution in [0.25, 0.3) is 11.4 Å².